The molecule has 194 valence electrons. The minimum Gasteiger partial charge on any atom is -0.469 e. The lowest BCUT2D eigenvalue weighted by Crippen LogP contribution is -2.30. The molecule has 2 N–H and O–H groups in total. The molecule has 2 aliphatic rings. The highest BCUT2D eigenvalue weighted by Crippen LogP contribution is 2.34. The molecule has 1 atom stereocenters. The van der Waals surface area contributed by atoms with Gasteiger partial charge < -0.3 is 15.4 Å². The van der Waals surface area contributed by atoms with Gasteiger partial charge in [-0.1, -0.05) is 35.3 Å². The van der Waals surface area contributed by atoms with Crippen molar-refractivity contribution in [2.24, 2.45) is 0 Å². The zero-order valence-corrected chi connectivity index (χ0v) is 22.5. The molecule has 0 saturated carbocycles. The van der Waals surface area contributed by atoms with E-state index in [1.165, 1.54) is 12.1 Å². The molecule has 5 rings (SSSR count). The van der Waals surface area contributed by atoms with E-state index in [0.29, 0.717) is 22.3 Å². The fourth-order valence-corrected chi connectivity index (χ4v) is 6.29. The highest BCUT2D eigenvalue weighted by molar-refractivity contribution is 7.92. The molecule has 3 aromatic rings. The first-order valence-corrected chi connectivity index (χ1v) is 14.3. The van der Waals surface area contributed by atoms with E-state index in [0.717, 1.165) is 47.3 Å². The molecule has 1 aliphatic carbocycles. The number of carbonyl (C=O) groups excluding carboxylic acids is 1. The van der Waals surface area contributed by atoms with E-state index in [9.17, 15) is 13.2 Å². The summed E-state index contributed by atoms with van der Waals surface area (Å²) in [7, 11) is -3.82. The second kappa shape index (κ2) is 10.4. The van der Waals surface area contributed by atoms with Gasteiger partial charge in [-0.15, -0.1) is 0 Å². The van der Waals surface area contributed by atoms with E-state index in [-0.39, 0.29) is 17.7 Å². The summed E-state index contributed by atoms with van der Waals surface area (Å²) < 4.78 is 33.1. The Morgan fingerprint density at radius 3 is 2.89 bits per heavy atom. The first-order valence-electron chi connectivity index (χ1n) is 11.9. The molecule has 2 heterocycles. The van der Waals surface area contributed by atoms with E-state index in [2.05, 4.69) is 15.7 Å². The Labute approximate surface area is 225 Å². The molecule has 1 amide bonds. The number of carbonyl (C=O) groups is 1. The smallest absolute Gasteiger partial charge is 0.235 e. The van der Waals surface area contributed by atoms with E-state index in [4.69, 9.17) is 27.9 Å². The van der Waals surface area contributed by atoms with Crippen molar-refractivity contribution in [3.63, 3.8) is 0 Å². The number of hydrogen-bond donors (Lipinski definition) is 2. The third kappa shape index (κ3) is 5.63. The van der Waals surface area contributed by atoms with Gasteiger partial charge in [0.15, 0.2) is 16.1 Å². The minimum absolute atomic E-state index is 0.0531. The van der Waals surface area contributed by atoms with Crippen LogP contribution in [0.25, 0.3) is 5.57 Å². The Morgan fingerprint density at radius 1 is 1.24 bits per heavy atom. The number of nitrogens with one attached hydrogen (secondary N) is 2. The second-order valence-electron chi connectivity index (χ2n) is 9.12. The number of nitrogens with zero attached hydrogens (tertiary/aromatic N) is 2. The molecule has 0 fully saturated rings. The second-order valence-corrected chi connectivity index (χ2v) is 12.0. The van der Waals surface area contributed by atoms with Crippen molar-refractivity contribution in [3.05, 3.63) is 75.5 Å². The summed E-state index contributed by atoms with van der Waals surface area (Å²) in [6, 6.07) is 9.97. The van der Waals surface area contributed by atoms with Gasteiger partial charge in [0, 0.05) is 22.7 Å². The third-order valence-corrected chi connectivity index (χ3v) is 8.59. The monoisotopic (exact) mass is 560 g/mol. The third-order valence-electron chi connectivity index (χ3n) is 6.39. The lowest BCUT2D eigenvalue weighted by Gasteiger charge is -2.18. The van der Waals surface area contributed by atoms with Gasteiger partial charge in [-0.3, -0.25) is 9.48 Å². The topological polar surface area (TPSA) is 102 Å². The fraction of sp³-hybridized carbons (Fsp3) is 0.308. The largest absolute Gasteiger partial charge is 0.469 e. The van der Waals surface area contributed by atoms with E-state index in [1.807, 2.05) is 29.9 Å². The number of aromatic nitrogens is 2. The number of allylic oxidation sites excluding steroid dienone is 1. The van der Waals surface area contributed by atoms with Crippen LogP contribution < -0.4 is 15.4 Å². The van der Waals surface area contributed by atoms with Crippen molar-refractivity contribution < 1.29 is 17.9 Å². The van der Waals surface area contributed by atoms with Gasteiger partial charge in [0.1, 0.15) is 11.5 Å². The maximum atomic E-state index is 12.8. The summed E-state index contributed by atoms with van der Waals surface area (Å²) in [6.07, 6.45) is 6.30. The molecule has 0 radical (unpaired) electrons. The van der Waals surface area contributed by atoms with Crippen molar-refractivity contribution in [1.82, 2.24) is 15.1 Å². The fourth-order valence-electron chi connectivity index (χ4n) is 4.64. The maximum Gasteiger partial charge on any atom is 0.235 e. The van der Waals surface area contributed by atoms with Gasteiger partial charge in [0.25, 0.3) is 0 Å². The SMILES string of the molecule is CC1Nc2ccc(S(=O)(=O)CC(=O)NC/C=C3\CCCc4cnn(Cc5ccc(Cl)cc5Cl)c43)cc2O1. The van der Waals surface area contributed by atoms with Crippen LogP contribution in [0.1, 0.15) is 36.6 Å². The number of fused-ring (bicyclic) bond motifs is 2. The van der Waals surface area contributed by atoms with Crippen LogP contribution in [-0.2, 0) is 27.6 Å². The van der Waals surface area contributed by atoms with Gasteiger partial charge in [-0.2, -0.15) is 5.10 Å². The maximum absolute atomic E-state index is 12.8. The number of sulfone groups is 1. The zero-order valence-electron chi connectivity index (χ0n) is 20.1. The number of anilines is 1. The molecule has 0 bridgehead atoms. The highest BCUT2D eigenvalue weighted by atomic mass is 35.5. The average Bonchev–Trinajstić information content (AvgIpc) is 3.42. The number of ether oxygens (including phenoxy) is 1. The predicted molar refractivity (Wildman–Crippen MR) is 144 cm³/mol. The number of aryl methyl sites for hydroxylation is 1. The summed E-state index contributed by atoms with van der Waals surface area (Å²) in [5.41, 5.74) is 4.85. The van der Waals surface area contributed by atoms with Crippen molar-refractivity contribution in [3.8, 4) is 5.75 Å². The van der Waals surface area contributed by atoms with Crippen LogP contribution in [0, 0.1) is 0 Å². The number of benzene rings is 2. The predicted octanol–water partition coefficient (Wildman–Crippen LogP) is 4.70. The molecular weight excluding hydrogens is 535 g/mol. The minimum atomic E-state index is -3.82. The van der Waals surface area contributed by atoms with Crippen LogP contribution >= 0.6 is 23.2 Å². The number of rotatable bonds is 7. The van der Waals surface area contributed by atoms with Crippen LogP contribution in [0.4, 0.5) is 5.69 Å². The molecule has 11 heteroatoms. The van der Waals surface area contributed by atoms with E-state index in [1.54, 1.807) is 18.2 Å². The van der Waals surface area contributed by atoms with E-state index < -0.39 is 21.5 Å². The van der Waals surface area contributed by atoms with Crippen molar-refractivity contribution in [2.75, 3.05) is 17.6 Å². The van der Waals surface area contributed by atoms with Gasteiger partial charge in [0.05, 0.1) is 29.0 Å². The van der Waals surface area contributed by atoms with Gasteiger partial charge in [-0.25, -0.2) is 8.42 Å². The van der Waals surface area contributed by atoms with E-state index >= 15 is 0 Å². The molecule has 2 aromatic carbocycles. The highest BCUT2D eigenvalue weighted by Gasteiger charge is 2.25. The quantitative estimate of drug-likeness (QED) is 0.434. The first kappa shape index (κ1) is 25.6. The molecule has 1 aliphatic heterocycles. The summed E-state index contributed by atoms with van der Waals surface area (Å²) in [4.78, 5) is 12.6. The Morgan fingerprint density at radius 2 is 2.08 bits per heavy atom. The molecule has 37 heavy (non-hydrogen) atoms. The van der Waals surface area contributed by atoms with Crippen molar-refractivity contribution in [1.29, 1.82) is 0 Å². The van der Waals surface area contributed by atoms with Crippen molar-refractivity contribution in [2.45, 2.75) is 43.9 Å². The van der Waals surface area contributed by atoms with Gasteiger partial charge in [0.2, 0.25) is 5.91 Å². The Balaban J connectivity index is 1.25. The first-order chi connectivity index (χ1) is 17.7. The average molecular weight is 561 g/mol. The number of halogens is 2. The normalized spacial score (nSPS) is 17.6. The summed E-state index contributed by atoms with van der Waals surface area (Å²) >= 11 is 12.4. The molecule has 1 aromatic heterocycles. The van der Waals surface area contributed by atoms with Crippen LogP contribution in [0.5, 0.6) is 5.75 Å². The molecule has 8 nitrogen and oxygen atoms in total. The molecular formula is C26H26Cl2N4O4S. The lowest BCUT2D eigenvalue weighted by atomic mass is 9.92. The Hall–Kier alpha value is -3.01. The Bertz CT molecular complexity index is 1500. The standard InChI is InChI=1S/C26H26Cl2N4O4S/c1-16-31-23-8-7-21(12-24(23)36-16)37(34,35)15-25(33)29-10-9-17-3-2-4-18-13-30-32(26(17)18)14-19-5-6-20(27)11-22(19)28/h5-9,11-13,16,31H,2-4,10,14-15H2,1H3,(H,29,33)/b17-9+. The molecule has 1 unspecified atom stereocenters. The van der Waals surface area contributed by atoms with Crippen LogP contribution in [-0.4, -0.2) is 42.6 Å². The van der Waals surface area contributed by atoms with Gasteiger partial charge >= 0.3 is 0 Å². The van der Waals surface area contributed by atoms with Crippen molar-refractivity contribution >= 4 is 50.2 Å². The molecule has 0 saturated heterocycles. The van der Waals surface area contributed by atoms with Gasteiger partial charge in [-0.05, 0) is 67.2 Å². The zero-order chi connectivity index (χ0) is 26.2. The summed E-state index contributed by atoms with van der Waals surface area (Å²) in [5.74, 6) is -0.749. The lowest BCUT2D eigenvalue weighted by molar-refractivity contribution is -0.118. The summed E-state index contributed by atoms with van der Waals surface area (Å²) in [6.45, 7) is 2.53. The number of amides is 1. The number of hydrogen-bond acceptors (Lipinski definition) is 6. The summed E-state index contributed by atoms with van der Waals surface area (Å²) in [5, 5.41) is 11.5. The van der Waals surface area contributed by atoms with Crippen LogP contribution in [0.15, 0.2) is 53.6 Å². The van der Waals surface area contributed by atoms with Crippen LogP contribution in [0.2, 0.25) is 10.0 Å². The molecule has 0 spiro atoms. The van der Waals surface area contributed by atoms with Crippen LogP contribution in [0.3, 0.4) is 0 Å². The Kier molecular flexibility index (Phi) is 7.20.